The number of nitrogens with zero attached hydrogens (tertiary/aromatic N) is 1. The molecule has 1 fully saturated rings. The van der Waals surface area contributed by atoms with Gasteiger partial charge in [-0.3, -0.25) is 14.5 Å². The highest BCUT2D eigenvalue weighted by Crippen LogP contribution is 2.41. The zero-order valence-corrected chi connectivity index (χ0v) is 21.1. The number of carbonyl (C=O) groups is 2. The number of morpholine rings is 1. The number of primary amides is 1. The summed E-state index contributed by atoms with van der Waals surface area (Å²) in [6.07, 6.45) is 0.837. The number of methoxy groups -OCH3 is 1. The Morgan fingerprint density at radius 2 is 1.81 bits per heavy atom. The molecule has 3 aromatic rings. The van der Waals surface area contributed by atoms with Crippen molar-refractivity contribution in [3.05, 3.63) is 77.2 Å². The molecular formula is C28H30N2O5S. The van der Waals surface area contributed by atoms with Crippen molar-refractivity contribution in [2.75, 3.05) is 46.6 Å². The number of hydrogen-bond acceptors (Lipinski definition) is 7. The standard InChI is InChI=1S/C28H30N2O5S/c1-19(27(31)20-6-8-21(9-7-20)28(29)32)22-17-23(26-5-3-16-36-26)24(33-2)18-25(22)35-13-4-10-30-11-14-34-15-12-30/h3,5-9,16-18H,1,4,10-15H2,2H3,(H2,29,32). The fourth-order valence-corrected chi connectivity index (χ4v) is 4.83. The average Bonchev–Trinajstić information content (AvgIpc) is 3.45. The van der Waals surface area contributed by atoms with Crippen LogP contribution in [0.4, 0.5) is 0 Å². The third-order valence-electron chi connectivity index (χ3n) is 6.10. The van der Waals surface area contributed by atoms with E-state index in [0.717, 1.165) is 49.7 Å². The van der Waals surface area contributed by atoms with Gasteiger partial charge in [0, 0.05) is 58.4 Å². The van der Waals surface area contributed by atoms with Crippen LogP contribution < -0.4 is 15.2 Å². The van der Waals surface area contributed by atoms with Crippen molar-refractivity contribution >= 4 is 28.6 Å². The number of benzene rings is 2. The zero-order valence-electron chi connectivity index (χ0n) is 20.3. The number of allylic oxidation sites excluding steroid dienone is 1. The van der Waals surface area contributed by atoms with Gasteiger partial charge in [-0.05, 0) is 36.1 Å². The first-order valence-electron chi connectivity index (χ1n) is 11.8. The molecule has 36 heavy (non-hydrogen) atoms. The van der Waals surface area contributed by atoms with Crippen molar-refractivity contribution in [3.8, 4) is 21.9 Å². The van der Waals surface area contributed by atoms with Gasteiger partial charge in [-0.1, -0.05) is 24.8 Å². The highest BCUT2D eigenvalue weighted by Gasteiger charge is 2.21. The topological polar surface area (TPSA) is 91.1 Å². The fourth-order valence-electron chi connectivity index (χ4n) is 4.09. The molecule has 2 aromatic carbocycles. The second-order valence-electron chi connectivity index (χ2n) is 8.43. The Hall–Kier alpha value is -3.46. The number of amides is 1. The lowest BCUT2D eigenvalue weighted by Gasteiger charge is -2.26. The summed E-state index contributed by atoms with van der Waals surface area (Å²) in [5.41, 5.74) is 7.85. The van der Waals surface area contributed by atoms with Gasteiger partial charge in [-0.2, -0.15) is 0 Å². The quantitative estimate of drug-likeness (QED) is 0.234. The summed E-state index contributed by atoms with van der Waals surface area (Å²) in [5.74, 6) is 0.402. The van der Waals surface area contributed by atoms with Crippen LogP contribution in [0.15, 0.2) is 60.5 Å². The smallest absolute Gasteiger partial charge is 0.248 e. The Kier molecular flexibility index (Phi) is 8.53. The van der Waals surface area contributed by atoms with E-state index in [1.165, 1.54) is 12.1 Å². The summed E-state index contributed by atoms with van der Waals surface area (Å²) in [6, 6.07) is 13.9. The number of ether oxygens (including phenoxy) is 3. The Morgan fingerprint density at radius 1 is 1.08 bits per heavy atom. The van der Waals surface area contributed by atoms with Crippen LogP contribution in [0, 0.1) is 0 Å². The molecular weight excluding hydrogens is 476 g/mol. The minimum Gasteiger partial charge on any atom is -0.496 e. The molecule has 0 radical (unpaired) electrons. The van der Waals surface area contributed by atoms with Crippen LogP contribution in [0.1, 0.15) is 32.7 Å². The Balaban J connectivity index is 1.60. The van der Waals surface area contributed by atoms with Gasteiger partial charge in [-0.15, -0.1) is 11.3 Å². The molecule has 4 rings (SSSR count). The van der Waals surface area contributed by atoms with Gasteiger partial charge in [0.25, 0.3) is 0 Å². The maximum atomic E-state index is 13.3. The number of nitrogens with two attached hydrogens (primary N) is 1. The number of carbonyl (C=O) groups excluding carboxylic acids is 2. The normalized spacial score (nSPS) is 13.8. The number of Topliss-reactive ketones (excluding diaryl/α,β-unsaturated/α-hetero) is 1. The molecule has 0 unspecified atom stereocenters. The highest BCUT2D eigenvalue weighted by atomic mass is 32.1. The van der Waals surface area contributed by atoms with E-state index in [9.17, 15) is 9.59 Å². The first-order valence-corrected chi connectivity index (χ1v) is 12.7. The van der Waals surface area contributed by atoms with Crippen LogP contribution >= 0.6 is 11.3 Å². The zero-order chi connectivity index (χ0) is 25.5. The van der Waals surface area contributed by atoms with E-state index < -0.39 is 5.91 Å². The Labute approximate surface area is 215 Å². The number of ketones is 1. The van der Waals surface area contributed by atoms with Crippen molar-refractivity contribution in [1.82, 2.24) is 4.90 Å². The molecule has 0 atom stereocenters. The molecule has 1 saturated heterocycles. The predicted octanol–water partition coefficient (Wildman–Crippen LogP) is 4.52. The van der Waals surface area contributed by atoms with Gasteiger partial charge in [0.1, 0.15) is 11.5 Å². The van der Waals surface area contributed by atoms with E-state index >= 15 is 0 Å². The van der Waals surface area contributed by atoms with Crippen LogP contribution in [0.2, 0.25) is 0 Å². The number of hydrogen-bond donors (Lipinski definition) is 1. The molecule has 2 N–H and O–H groups in total. The molecule has 1 aliphatic rings. The van der Waals surface area contributed by atoms with Gasteiger partial charge >= 0.3 is 0 Å². The maximum Gasteiger partial charge on any atom is 0.248 e. The van der Waals surface area contributed by atoms with Gasteiger partial charge in [0.2, 0.25) is 5.91 Å². The van der Waals surface area contributed by atoms with Gasteiger partial charge in [0.15, 0.2) is 5.78 Å². The van der Waals surface area contributed by atoms with Gasteiger partial charge in [0.05, 0.1) is 26.9 Å². The van der Waals surface area contributed by atoms with Crippen LogP contribution in [-0.4, -0.2) is 63.2 Å². The van der Waals surface area contributed by atoms with E-state index in [1.807, 2.05) is 29.6 Å². The summed E-state index contributed by atoms with van der Waals surface area (Å²) in [6.45, 7) is 8.88. The van der Waals surface area contributed by atoms with E-state index in [2.05, 4.69) is 11.5 Å². The maximum absolute atomic E-state index is 13.3. The van der Waals surface area contributed by atoms with Crippen LogP contribution in [0.5, 0.6) is 11.5 Å². The van der Waals surface area contributed by atoms with Gasteiger partial charge < -0.3 is 19.9 Å². The molecule has 1 aliphatic heterocycles. The van der Waals surface area contributed by atoms with E-state index in [1.54, 1.807) is 30.6 Å². The largest absolute Gasteiger partial charge is 0.496 e. The Morgan fingerprint density at radius 3 is 2.44 bits per heavy atom. The fraction of sp³-hybridized carbons (Fsp3) is 0.286. The van der Waals surface area contributed by atoms with Crippen LogP contribution in [-0.2, 0) is 4.74 Å². The molecule has 2 heterocycles. The molecule has 7 nitrogen and oxygen atoms in total. The average molecular weight is 507 g/mol. The van der Waals surface area contributed by atoms with Crippen molar-refractivity contribution < 1.29 is 23.8 Å². The molecule has 0 aliphatic carbocycles. The summed E-state index contributed by atoms with van der Waals surface area (Å²) in [5, 5.41) is 1.99. The first kappa shape index (κ1) is 25.6. The number of rotatable bonds is 11. The number of thiophene rings is 1. The highest BCUT2D eigenvalue weighted by molar-refractivity contribution is 7.13. The molecule has 1 amide bonds. The third-order valence-corrected chi connectivity index (χ3v) is 7.00. The molecule has 188 valence electrons. The minimum absolute atomic E-state index is 0.258. The molecule has 1 aromatic heterocycles. The molecule has 8 heteroatoms. The molecule has 0 saturated carbocycles. The lowest BCUT2D eigenvalue weighted by molar-refractivity contribution is 0.0358. The third kappa shape index (κ3) is 6.02. The minimum atomic E-state index is -0.545. The van der Waals surface area contributed by atoms with Gasteiger partial charge in [-0.25, -0.2) is 0 Å². The van der Waals surface area contributed by atoms with Crippen molar-refractivity contribution in [2.24, 2.45) is 5.73 Å². The van der Waals surface area contributed by atoms with E-state index in [-0.39, 0.29) is 5.78 Å². The van der Waals surface area contributed by atoms with Crippen LogP contribution in [0.3, 0.4) is 0 Å². The first-order chi connectivity index (χ1) is 17.5. The molecule has 0 bridgehead atoms. The monoisotopic (exact) mass is 506 g/mol. The molecule has 0 spiro atoms. The van der Waals surface area contributed by atoms with E-state index in [4.69, 9.17) is 19.9 Å². The lowest BCUT2D eigenvalue weighted by atomic mass is 9.94. The van der Waals surface area contributed by atoms with Crippen LogP contribution in [0.25, 0.3) is 16.0 Å². The SMILES string of the molecule is C=C(C(=O)c1ccc(C(N)=O)cc1)c1cc(-c2cccs2)c(OC)cc1OCCCN1CCOCC1. The van der Waals surface area contributed by atoms with Crippen molar-refractivity contribution in [1.29, 1.82) is 0 Å². The van der Waals surface area contributed by atoms with Crippen molar-refractivity contribution in [2.45, 2.75) is 6.42 Å². The summed E-state index contributed by atoms with van der Waals surface area (Å²) >= 11 is 1.58. The summed E-state index contributed by atoms with van der Waals surface area (Å²) in [7, 11) is 1.62. The summed E-state index contributed by atoms with van der Waals surface area (Å²) < 4.78 is 17.3. The lowest BCUT2D eigenvalue weighted by Crippen LogP contribution is -2.37. The predicted molar refractivity (Wildman–Crippen MR) is 142 cm³/mol. The second-order valence-corrected chi connectivity index (χ2v) is 9.38. The second kappa shape index (κ2) is 12.0. The van der Waals surface area contributed by atoms with Crippen molar-refractivity contribution in [3.63, 3.8) is 0 Å². The Bertz CT molecular complexity index is 1220. The van der Waals surface area contributed by atoms with E-state index in [0.29, 0.717) is 40.4 Å². The summed E-state index contributed by atoms with van der Waals surface area (Å²) in [4.78, 5) is 28.1.